The van der Waals surface area contributed by atoms with Gasteiger partial charge < -0.3 is 18.9 Å². The fourth-order valence-corrected chi connectivity index (χ4v) is 4.99. The Balaban J connectivity index is 1.49. The predicted molar refractivity (Wildman–Crippen MR) is 148 cm³/mol. The van der Waals surface area contributed by atoms with E-state index in [9.17, 15) is 14.4 Å². The zero-order valence-electron chi connectivity index (χ0n) is 20.6. The number of imide groups is 1. The van der Waals surface area contributed by atoms with Crippen molar-refractivity contribution in [1.29, 1.82) is 0 Å². The maximum absolute atomic E-state index is 13.0. The highest BCUT2D eigenvalue weighted by Gasteiger charge is 2.35. The number of amides is 2. The highest BCUT2D eigenvalue weighted by atomic mass is 79.9. The van der Waals surface area contributed by atoms with E-state index in [-0.39, 0.29) is 29.0 Å². The van der Waals surface area contributed by atoms with Crippen LogP contribution in [0.5, 0.6) is 23.0 Å². The van der Waals surface area contributed by atoms with Gasteiger partial charge in [0.25, 0.3) is 11.1 Å². The van der Waals surface area contributed by atoms with E-state index in [0.29, 0.717) is 39.5 Å². The molecule has 1 heterocycles. The van der Waals surface area contributed by atoms with E-state index in [2.05, 4.69) is 15.9 Å². The minimum atomic E-state index is -0.531. The summed E-state index contributed by atoms with van der Waals surface area (Å²) in [5.41, 5.74) is 0.991. The van der Waals surface area contributed by atoms with Crippen molar-refractivity contribution in [2.45, 2.75) is 6.92 Å². The summed E-state index contributed by atoms with van der Waals surface area (Å²) >= 11 is 4.29. The monoisotopic (exact) mass is 597 g/mol. The number of carbonyl (C=O) groups is 3. The normalized spacial score (nSPS) is 14.1. The van der Waals surface area contributed by atoms with Crippen LogP contribution >= 0.6 is 27.7 Å². The summed E-state index contributed by atoms with van der Waals surface area (Å²) in [5.74, 6) is 0.684. The van der Waals surface area contributed by atoms with Crippen LogP contribution in [0.15, 0.2) is 76.1 Å². The SMILES string of the molecule is CCOc1cc(/C=C2\SC(=O)N(CCOc3ccccc3OC)C2=O)cc(Br)c1OC(=O)c1ccccc1. The molecule has 0 saturated carbocycles. The van der Waals surface area contributed by atoms with Gasteiger partial charge in [-0.15, -0.1) is 0 Å². The van der Waals surface area contributed by atoms with E-state index in [4.69, 9.17) is 18.9 Å². The van der Waals surface area contributed by atoms with E-state index in [1.54, 1.807) is 61.7 Å². The third-order valence-electron chi connectivity index (χ3n) is 5.35. The first-order chi connectivity index (χ1) is 18.4. The van der Waals surface area contributed by atoms with Crippen LogP contribution in [-0.2, 0) is 4.79 Å². The van der Waals surface area contributed by atoms with Crippen LogP contribution in [0.3, 0.4) is 0 Å². The van der Waals surface area contributed by atoms with Crippen molar-refractivity contribution in [3.63, 3.8) is 0 Å². The van der Waals surface area contributed by atoms with Crippen molar-refractivity contribution in [2.75, 3.05) is 26.9 Å². The Labute approximate surface area is 232 Å². The molecule has 3 aromatic rings. The second-order valence-electron chi connectivity index (χ2n) is 7.85. The van der Waals surface area contributed by atoms with Gasteiger partial charge in [-0.25, -0.2) is 4.79 Å². The number of para-hydroxylation sites is 2. The molecule has 1 fully saturated rings. The average molecular weight is 598 g/mol. The van der Waals surface area contributed by atoms with Gasteiger partial charge in [-0.05, 0) is 82.7 Å². The lowest BCUT2D eigenvalue weighted by Gasteiger charge is -2.15. The van der Waals surface area contributed by atoms with Crippen LogP contribution in [0.25, 0.3) is 6.08 Å². The molecule has 4 rings (SSSR count). The molecule has 0 aliphatic carbocycles. The van der Waals surface area contributed by atoms with Crippen molar-refractivity contribution < 1.29 is 33.3 Å². The van der Waals surface area contributed by atoms with Gasteiger partial charge in [-0.1, -0.05) is 30.3 Å². The minimum Gasteiger partial charge on any atom is -0.493 e. The van der Waals surface area contributed by atoms with Gasteiger partial charge in [-0.3, -0.25) is 14.5 Å². The van der Waals surface area contributed by atoms with E-state index in [1.165, 1.54) is 0 Å². The Morgan fingerprint density at radius 3 is 2.39 bits per heavy atom. The number of carbonyl (C=O) groups excluding carboxylic acids is 3. The van der Waals surface area contributed by atoms with Gasteiger partial charge >= 0.3 is 5.97 Å². The van der Waals surface area contributed by atoms with Crippen LogP contribution in [0.2, 0.25) is 0 Å². The first-order valence-electron chi connectivity index (χ1n) is 11.7. The van der Waals surface area contributed by atoms with Crippen LogP contribution in [0, 0.1) is 0 Å². The van der Waals surface area contributed by atoms with E-state index >= 15 is 0 Å². The number of hydrogen-bond acceptors (Lipinski definition) is 8. The molecule has 10 heteroatoms. The molecule has 3 aromatic carbocycles. The molecule has 0 spiro atoms. The second kappa shape index (κ2) is 12.7. The maximum atomic E-state index is 13.0. The lowest BCUT2D eigenvalue weighted by molar-refractivity contribution is -0.123. The smallest absolute Gasteiger partial charge is 0.343 e. The molecule has 0 aromatic heterocycles. The van der Waals surface area contributed by atoms with Crippen molar-refractivity contribution in [3.05, 3.63) is 87.2 Å². The van der Waals surface area contributed by atoms with Gasteiger partial charge in [0.2, 0.25) is 0 Å². The van der Waals surface area contributed by atoms with Crippen molar-refractivity contribution in [1.82, 2.24) is 4.90 Å². The van der Waals surface area contributed by atoms with Crippen LogP contribution in [0.1, 0.15) is 22.8 Å². The number of thioether (sulfide) groups is 1. The Bertz CT molecular complexity index is 1380. The first-order valence-corrected chi connectivity index (χ1v) is 13.3. The van der Waals surface area contributed by atoms with Crippen molar-refractivity contribution in [3.8, 4) is 23.0 Å². The number of hydrogen-bond donors (Lipinski definition) is 0. The summed E-state index contributed by atoms with van der Waals surface area (Å²) in [5, 5.41) is -0.387. The minimum absolute atomic E-state index is 0.0856. The Morgan fingerprint density at radius 2 is 1.68 bits per heavy atom. The summed E-state index contributed by atoms with van der Waals surface area (Å²) in [6, 6.07) is 19.1. The topological polar surface area (TPSA) is 91.4 Å². The van der Waals surface area contributed by atoms with E-state index in [0.717, 1.165) is 16.7 Å². The molecule has 1 aliphatic heterocycles. The van der Waals surface area contributed by atoms with Crippen molar-refractivity contribution >= 4 is 50.9 Å². The number of benzene rings is 3. The molecule has 38 heavy (non-hydrogen) atoms. The number of nitrogens with zero attached hydrogens (tertiary/aromatic N) is 1. The summed E-state index contributed by atoms with van der Waals surface area (Å²) in [6.45, 7) is 2.34. The maximum Gasteiger partial charge on any atom is 0.343 e. The lowest BCUT2D eigenvalue weighted by Crippen LogP contribution is -2.32. The number of halogens is 1. The molecule has 0 unspecified atom stereocenters. The predicted octanol–water partition coefficient (Wildman–Crippen LogP) is 6.19. The molecule has 1 aliphatic rings. The first kappa shape index (κ1) is 27.3. The fourth-order valence-electron chi connectivity index (χ4n) is 3.59. The van der Waals surface area contributed by atoms with Gasteiger partial charge in [0.1, 0.15) is 6.61 Å². The van der Waals surface area contributed by atoms with Gasteiger partial charge in [0, 0.05) is 0 Å². The zero-order chi connectivity index (χ0) is 27.1. The molecule has 0 bridgehead atoms. The van der Waals surface area contributed by atoms with E-state index in [1.807, 2.05) is 25.1 Å². The zero-order valence-corrected chi connectivity index (χ0v) is 23.0. The Hall–Kier alpha value is -3.76. The molecule has 0 atom stereocenters. The van der Waals surface area contributed by atoms with Crippen LogP contribution < -0.4 is 18.9 Å². The van der Waals surface area contributed by atoms with Gasteiger partial charge in [0.15, 0.2) is 23.0 Å². The number of rotatable bonds is 10. The number of methoxy groups -OCH3 is 1. The summed E-state index contributed by atoms with van der Waals surface area (Å²) in [7, 11) is 1.54. The Kier molecular flexibility index (Phi) is 9.09. The molecule has 0 N–H and O–H groups in total. The Morgan fingerprint density at radius 1 is 0.974 bits per heavy atom. The largest absolute Gasteiger partial charge is 0.493 e. The molecular weight excluding hydrogens is 574 g/mol. The molecule has 0 radical (unpaired) electrons. The summed E-state index contributed by atoms with van der Waals surface area (Å²) in [6.07, 6.45) is 1.60. The van der Waals surface area contributed by atoms with Crippen molar-refractivity contribution in [2.24, 2.45) is 0 Å². The third kappa shape index (κ3) is 6.38. The summed E-state index contributed by atoms with van der Waals surface area (Å²) in [4.78, 5) is 39.5. The number of ether oxygens (including phenoxy) is 4. The summed E-state index contributed by atoms with van der Waals surface area (Å²) < 4.78 is 22.7. The van der Waals surface area contributed by atoms with Gasteiger partial charge in [-0.2, -0.15) is 0 Å². The quantitative estimate of drug-likeness (QED) is 0.155. The molecule has 1 saturated heterocycles. The fraction of sp³-hybridized carbons (Fsp3) is 0.179. The van der Waals surface area contributed by atoms with E-state index < -0.39 is 11.9 Å². The molecule has 2 amide bonds. The highest BCUT2D eigenvalue weighted by Crippen LogP contribution is 2.40. The van der Waals surface area contributed by atoms with Crippen LogP contribution in [-0.4, -0.2) is 48.9 Å². The molecule has 8 nitrogen and oxygen atoms in total. The molecular formula is C28H24BrNO7S. The standard InChI is InChI=1S/C28H24BrNO7S/c1-3-35-23-16-18(15-20(29)25(23)37-27(32)19-9-5-4-6-10-19)17-24-26(31)30(28(33)38-24)13-14-36-22-12-8-7-11-21(22)34-2/h4-12,15-17H,3,13-14H2,1-2H3/b24-17-. The molecule has 196 valence electrons. The van der Waals surface area contributed by atoms with Gasteiger partial charge in [0.05, 0.1) is 35.2 Å². The average Bonchev–Trinajstić information content (AvgIpc) is 3.18. The van der Waals surface area contributed by atoms with Crippen LogP contribution in [0.4, 0.5) is 4.79 Å². The number of esters is 1. The highest BCUT2D eigenvalue weighted by molar-refractivity contribution is 9.10. The lowest BCUT2D eigenvalue weighted by atomic mass is 10.1. The third-order valence-corrected chi connectivity index (χ3v) is 6.85. The second-order valence-corrected chi connectivity index (χ2v) is 9.70.